The predicted octanol–water partition coefficient (Wildman–Crippen LogP) is 7.53. The third kappa shape index (κ3) is 9.38. The minimum atomic E-state index is -0.248. The number of benzene rings is 2. The Bertz CT molecular complexity index is 1390. The van der Waals surface area contributed by atoms with Gasteiger partial charge in [-0.1, -0.05) is 49.0 Å². The van der Waals surface area contributed by atoms with Crippen molar-refractivity contribution in [3.8, 4) is 10.8 Å². The topological polar surface area (TPSA) is 105 Å². The lowest BCUT2D eigenvalue weighted by atomic mass is 9.99. The molecule has 3 aromatic rings. The Balaban J connectivity index is 1.34. The highest BCUT2D eigenvalue weighted by Gasteiger charge is 2.17. The van der Waals surface area contributed by atoms with Gasteiger partial charge in [0.1, 0.15) is 5.75 Å². The Morgan fingerprint density at radius 1 is 1.05 bits per heavy atom. The van der Waals surface area contributed by atoms with Crippen LogP contribution < -0.4 is 20.7 Å². The Kier molecular flexibility index (Phi) is 11.7. The molecule has 2 aromatic carbocycles. The van der Waals surface area contributed by atoms with Crippen LogP contribution in [0.1, 0.15) is 74.9 Å². The number of likely N-dealkylation sites (tertiary alicyclic amines) is 1. The molecular weight excluding hydrogens is 562 g/mol. The summed E-state index contributed by atoms with van der Waals surface area (Å²) in [4.78, 5) is 32.1. The lowest BCUT2D eigenvalue weighted by molar-refractivity contribution is 0.102. The molecule has 0 bridgehead atoms. The fourth-order valence-corrected chi connectivity index (χ4v) is 5.63. The second kappa shape index (κ2) is 15.7. The molecule has 0 unspecified atom stereocenters. The molecule has 1 aliphatic rings. The molecule has 10 heteroatoms. The summed E-state index contributed by atoms with van der Waals surface area (Å²) >= 11 is 1.23. The van der Waals surface area contributed by atoms with Gasteiger partial charge in [0.05, 0.1) is 12.8 Å². The van der Waals surface area contributed by atoms with Crippen molar-refractivity contribution in [1.29, 1.82) is 0 Å². The largest absolute Gasteiger partial charge is 0.445 e. The lowest BCUT2D eigenvalue weighted by Gasteiger charge is -2.31. The van der Waals surface area contributed by atoms with Crippen LogP contribution >= 0.6 is 11.3 Å². The molecule has 0 radical (unpaired) electrons. The number of carbonyl (C=O) groups excluding carboxylic acids is 2. The van der Waals surface area contributed by atoms with Crippen molar-refractivity contribution in [3.05, 3.63) is 70.9 Å². The van der Waals surface area contributed by atoms with Gasteiger partial charge in [0.15, 0.2) is 5.13 Å². The Hall–Kier alpha value is -3.73. The van der Waals surface area contributed by atoms with E-state index in [9.17, 15) is 9.59 Å². The number of nitrogens with one attached hydrogen (secondary N) is 3. The van der Waals surface area contributed by atoms with E-state index >= 15 is 0 Å². The van der Waals surface area contributed by atoms with Gasteiger partial charge in [-0.05, 0) is 75.4 Å². The highest BCUT2D eigenvalue weighted by molar-refractivity contribution is 7.17. The maximum atomic E-state index is 12.9. The minimum Gasteiger partial charge on any atom is -0.445 e. The molecule has 0 spiro atoms. The summed E-state index contributed by atoms with van der Waals surface area (Å²) in [6, 6.07) is 13.5. The zero-order chi connectivity index (χ0) is 30.8. The standard InChI is InChI=1S/C33H43N5O4S/c1-6-27(7-2)35-32(40)36-28-12-13-29(26(19-28)21-41-5)42-30-20-34-33(43-30)37-31(39)25-10-8-23(9-11-25)18-24-14-16-38(17-15-24)22(3)4/h8-13,18-20,22,27H,6-7,14-17,21H2,1-5H3,(H,34,37,39)(H2,35,36,40). The average Bonchev–Trinajstić information content (AvgIpc) is 3.44. The van der Waals surface area contributed by atoms with Gasteiger partial charge < -0.3 is 25.0 Å². The van der Waals surface area contributed by atoms with Crippen molar-refractivity contribution < 1.29 is 19.1 Å². The Labute approximate surface area is 258 Å². The first-order valence-corrected chi connectivity index (χ1v) is 15.8. The second-order valence-corrected chi connectivity index (χ2v) is 12.0. The zero-order valence-electron chi connectivity index (χ0n) is 25.7. The average molecular weight is 606 g/mol. The number of hydrogen-bond donors (Lipinski definition) is 3. The molecule has 2 heterocycles. The number of nitrogens with zero attached hydrogens (tertiary/aromatic N) is 2. The third-order valence-electron chi connectivity index (χ3n) is 7.57. The molecule has 1 aromatic heterocycles. The SMILES string of the molecule is CCC(CC)NC(=O)Nc1ccc(Oc2cnc(NC(=O)c3ccc(C=C4CCN(C(C)C)CC4)cc3)s2)c(COC)c1. The normalized spacial score (nSPS) is 13.7. The van der Waals surface area contributed by atoms with Gasteiger partial charge in [-0.2, -0.15) is 0 Å². The molecular formula is C33H43N5O4S. The number of thiazole rings is 1. The fourth-order valence-electron chi connectivity index (χ4n) is 4.95. The quantitative estimate of drug-likeness (QED) is 0.197. The molecule has 3 amide bonds. The van der Waals surface area contributed by atoms with Crippen LogP contribution in [0.4, 0.5) is 15.6 Å². The van der Waals surface area contributed by atoms with Gasteiger partial charge in [-0.25, -0.2) is 9.78 Å². The summed E-state index contributed by atoms with van der Waals surface area (Å²) in [5.41, 5.74) is 4.52. The number of piperidine rings is 1. The van der Waals surface area contributed by atoms with Gasteiger partial charge in [-0.3, -0.25) is 10.1 Å². The summed E-state index contributed by atoms with van der Waals surface area (Å²) in [5.74, 6) is 0.349. The molecule has 0 saturated carbocycles. The summed E-state index contributed by atoms with van der Waals surface area (Å²) in [6.45, 7) is 11.1. The molecule has 4 rings (SSSR count). The first-order valence-electron chi connectivity index (χ1n) is 15.0. The van der Waals surface area contributed by atoms with Gasteiger partial charge in [-0.15, -0.1) is 0 Å². The molecule has 0 aliphatic carbocycles. The van der Waals surface area contributed by atoms with E-state index < -0.39 is 0 Å². The molecule has 230 valence electrons. The maximum absolute atomic E-state index is 12.9. The van der Waals surface area contributed by atoms with Crippen molar-refractivity contribution in [2.45, 2.75) is 72.1 Å². The monoisotopic (exact) mass is 605 g/mol. The molecule has 1 aliphatic heterocycles. The van der Waals surface area contributed by atoms with E-state index in [1.165, 1.54) is 16.9 Å². The first-order chi connectivity index (χ1) is 20.8. The highest BCUT2D eigenvalue weighted by atomic mass is 32.1. The molecule has 43 heavy (non-hydrogen) atoms. The number of anilines is 2. The Morgan fingerprint density at radius 3 is 2.42 bits per heavy atom. The van der Waals surface area contributed by atoms with E-state index in [4.69, 9.17) is 9.47 Å². The predicted molar refractivity (Wildman–Crippen MR) is 174 cm³/mol. The van der Waals surface area contributed by atoms with E-state index in [1.54, 1.807) is 25.4 Å². The summed E-state index contributed by atoms with van der Waals surface area (Å²) < 4.78 is 11.4. The third-order valence-corrected chi connectivity index (χ3v) is 8.36. The van der Waals surface area contributed by atoms with Crippen LogP contribution in [0.2, 0.25) is 0 Å². The first kappa shape index (κ1) is 32.2. The van der Waals surface area contributed by atoms with Crippen molar-refractivity contribution in [2.24, 2.45) is 0 Å². The number of carbonyl (C=O) groups is 2. The number of ether oxygens (including phenoxy) is 2. The molecule has 3 N–H and O–H groups in total. The van der Waals surface area contributed by atoms with Crippen molar-refractivity contribution in [2.75, 3.05) is 30.8 Å². The van der Waals surface area contributed by atoms with Crippen LogP contribution in [-0.4, -0.2) is 54.1 Å². The van der Waals surface area contributed by atoms with Crippen LogP contribution in [0, 0.1) is 0 Å². The lowest BCUT2D eigenvalue weighted by Crippen LogP contribution is -2.37. The van der Waals surface area contributed by atoms with Crippen LogP contribution in [-0.2, 0) is 11.3 Å². The van der Waals surface area contributed by atoms with Crippen molar-refractivity contribution >= 4 is 40.2 Å². The van der Waals surface area contributed by atoms with Crippen LogP contribution in [0.3, 0.4) is 0 Å². The fraction of sp³-hybridized carbons (Fsp3) is 0.424. The van der Waals surface area contributed by atoms with Gasteiger partial charge in [0.25, 0.3) is 5.91 Å². The van der Waals surface area contributed by atoms with E-state index in [2.05, 4.69) is 45.8 Å². The van der Waals surface area contributed by atoms with Crippen LogP contribution in [0.15, 0.2) is 54.2 Å². The highest BCUT2D eigenvalue weighted by Crippen LogP contribution is 2.34. The Morgan fingerprint density at radius 2 is 1.77 bits per heavy atom. The number of hydrogen-bond acceptors (Lipinski definition) is 7. The number of methoxy groups -OCH3 is 1. The number of urea groups is 1. The van der Waals surface area contributed by atoms with E-state index in [0.717, 1.165) is 49.9 Å². The number of aromatic nitrogens is 1. The van der Waals surface area contributed by atoms with E-state index in [1.807, 2.05) is 44.2 Å². The van der Waals surface area contributed by atoms with Crippen LogP contribution in [0.25, 0.3) is 6.08 Å². The van der Waals surface area contributed by atoms with Gasteiger partial charge >= 0.3 is 6.03 Å². The molecule has 0 atom stereocenters. The number of amides is 3. The summed E-state index contributed by atoms with van der Waals surface area (Å²) in [5, 5.41) is 9.67. The minimum absolute atomic E-state index is 0.127. The maximum Gasteiger partial charge on any atom is 0.319 e. The number of rotatable bonds is 12. The van der Waals surface area contributed by atoms with Crippen molar-refractivity contribution in [3.63, 3.8) is 0 Å². The van der Waals surface area contributed by atoms with E-state index in [-0.39, 0.29) is 18.0 Å². The summed E-state index contributed by atoms with van der Waals surface area (Å²) in [7, 11) is 1.60. The van der Waals surface area contributed by atoms with Crippen molar-refractivity contribution in [1.82, 2.24) is 15.2 Å². The molecule has 9 nitrogen and oxygen atoms in total. The summed E-state index contributed by atoms with van der Waals surface area (Å²) in [6.07, 6.45) is 7.72. The second-order valence-electron chi connectivity index (χ2n) is 11.0. The zero-order valence-corrected chi connectivity index (χ0v) is 26.6. The molecule has 1 saturated heterocycles. The smallest absolute Gasteiger partial charge is 0.319 e. The van der Waals surface area contributed by atoms with Crippen LogP contribution in [0.5, 0.6) is 10.8 Å². The molecule has 1 fully saturated rings. The van der Waals surface area contributed by atoms with Gasteiger partial charge in [0, 0.05) is 49.1 Å². The van der Waals surface area contributed by atoms with E-state index in [0.29, 0.717) is 39.8 Å². The van der Waals surface area contributed by atoms with Gasteiger partial charge in [0.2, 0.25) is 5.06 Å².